The summed E-state index contributed by atoms with van der Waals surface area (Å²) in [6.07, 6.45) is 3.11. The lowest BCUT2D eigenvalue weighted by atomic mass is 10.0. The third kappa shape index (κ3) is 5.96. The highest BCUT2D eigenvalue weighted by molar-refractivity contribution is 7.15. The Morgan fingerprint density at radius 1 is 0.971 bits per heavy atom. The number of esters is 1. The number of thiophene rings is 1. The fourth-order valence-corrected chi connectivity index (χ4v) is 4.20. The van der Waals surface area contributed by atoms with E-state index in [1.165, 1.54) is 17.4 Å². The normalized spacial score (nSPS) is 10.7. The number of carbonyl (C=O) groups excluding carboxylic acids is 2. The van der Waals surface area contributed by atoms with Gasteiger partial charge in [0.2, 0.25) is 5.91 Å². The zero-order valence-corrected chi connectivity index (χ0v) is 20.4. The van der Waals surface area contributed by atoms with Crippen LogP contribution in [0.15, 0.2) is 53.9 Å². The molecular formula is C26H27NO6S. The second kappa shape index (κ2) is 11.9. The van der Waals surface area contributed by atoms with Gasteiger partial charge in [0.1, 0.15) is 16.3 Å². The molecule has 0 saturated carbocycles. The molecule has 1 heterocycles. The number of methoxy groups -OCH3 is 2. The number of carbonyl (C=O) groups is 2. The highest BCUT2D eigenvalue weighted by atomic mass is 32.1. The Bertz CT molecular complexity index is 1170. The predicted molar refractivity (Wildman–Crippen MR) is 134 cm³/mol. The molecule has 0 unspecified atom stereocenters. The van der Waals surface area contributed by atoms with Crippen molar-refractivity contribution in [3.05, 3.63) is 65.0 Å². The quantitative estimate of drug-likeness (QED) is 0.297. The van der Waals surface area contributed by atoms with Crippen LogP contribution in [0.25, 0.3) is 17.2 Å². The molecule has 178 valence electrons. The highest BCUT2D eigenvalue weighted by Gasteiger charge is 2.23. The van der Waals surface area contributed by atoms with Crippen molar-refractivity contribution in [1.82, 2.24) is 0 Å². The van der Waals surface area contributed by atoms with Crippen molar-refractivity contribution in [2.45, 2.75) is 13.8 Å². The first kappa shape index (κ1) is 24.9. The summed E-state index contributed by atoms with van der Waals surface area (Å²) in [5.41, 5.74) is 2.51. The van der Waals surface area contributed by atoms with Gasteiger partial charge in [0, 0.05) is 17.0 Å². The van der Waals surface area contributed by atoms with Crippen LogP contribution in [0.2, 0.25) is 0 Å². The zero-order valence-electron chi connectivity index (χ0n) is 19.5. The average molecular weight is 482 g/mol. The fourth-order valence-electron chi connectivity index (χ4n) is 3.24. The van der Waals surface area contributed by atoms with E-state index in [9.17, 15) is 9.59 Å². The fraction of sp³-hybridized carbons (Fsp3) is 0.231. The van der Waals surface area contributed by atoms with Crippen molar-refractivity contribution in [2.24, 2.45) is 0 Å². The number of amides is 1. The minimum Gasteiger partial charge on any atom is -0.494 e. The molecule has 34 heavy (non-hydrogen) atoms. The van der Waals surface area contributed by atoms with Gasteiger partial charge in [-0.15, -0.1) is 11.3 Å². The van der Waals surface area contributed by atoms with E-state index in [2.05, 4.69) is 5.32 Å². The maximum absolute atomic E-state index is 12.8. The van der Waals surface area contributed by atoms with Crippen molar-refractivity contribution in [2.75, 3.05) is 32.8 Å². The van der Waals surface area contributed by atoms with Gasteiger partial charge in [0.15, 0.2) is 11.5 Å². The summed E-state index contributed by atoms with van der Waals surface area (Å²) in [7, 11) is 3.10. The van der Waals surface area contributed by atoms with Gasteiger partial charge in [0.25, 0.3) is 0 Å². The van der Waals surface area contributed by atoms with E-state index >= 15 is 0 Å². The van der Waals surface area contributed by atoms with Crippen LogP contribution in [0.4, 0.5) is 5.00 Å². The molecule has 0 bridgehead atoms. The lowest BCUT2D eigenvalue weighted by Crippen LogP contribution is -2.12. The van der Waals surface area contributed by atoms with Crippen LogP contribution in [0.1, 0.15) is 29.8 Å². The minimum absolute atomic E-state index is 0.213. The molecule has 0 aliphatic rings. The summed E-state index contributed by atoms with van der Waals surface area (Å²) in [5.74, 6) is 1.00. The van der Waals surface area contributed by atoms with Gasteiger partial charge in [0.05, 0.1) is 27.4 Å². The Balaban J connectivity index is 1.86. The zero-order chi connectivity index (χ0) is 24.5. The molecule has 7 nitrogen and oxygen atoms in total. The van der Waals surface area contributed by atoms with Gasteiger partial charge in [-0.1, -0.05) is 18.2 Å². The first-order valence-electron chi connectivity index (χ1n) is 10.7. The summed E-state index contributed by atoms with van der Waals surface area (Å²) >= 11 is 1.25. The number of hydrogen-bond donors (Lipinski definition) is 1. The maximum Gasteiger partial charge on any atom is 0.341 e. The molecule has 3 rings (SSSR count). The second-order valence-electron chi connectivity index (χ2n) is 6.97. The molecule has 0 fully saturated rings. The third-order valence-corrected chi connectivity index (χ3v) is 5.72. The molecule has 0 atom stereocenters. The van der Waals surface area contributed by atoms with Crippen molar-refractivity contribution in [1.29, 1.82) is 0 Å². The molecule has 1 amide bonds. The number of rotatable bonds is 10. The molecule has 1 aromatic heterocycles. The Morgan fingerprint density at radius 3 is 2.35 bits per heavy atom. The third-order valence-electron chi connectivity index (χ3n) is 4.82. The lowest BCUT2D eigenvalue weighted by molar-refractivity contribution is -0.111. The monoisotopic (exact) mass is 481 g/mol. The van der Waals surface area contributed by atoms with Gasteiger partial charge >= 0.3 is 5.97 Å². The molecule has 0 aliphatic heterocycles. The van der Waals surface area contributed by atoms with E-state index in [0.717, 1.165) is 16.9 Å². The van der Waals surface area contributed by atoms with E-state index in [1.807, 2.05) is 37.3 Å². The smallest absolute Gasteiger partial charge is 0.341 e. The van der Waals surface area contributed by atoms with Crippen LogP contribution in [0, 0.1) is 0 Å². The summed E-state index contributed by atoms with van der Waals surface area (Å²) in [4.78, 5) is 25.4. The van der Waals surface area contributed by atoms with Gasteiger partial charge in [-0.2, -0.15) is 0 Å². The second-order valence-corrected chi connectivity index (χ2v) is 7.85. The van der Waals surface area contributed by atoms with E-state index in [4.69, 9.17) is 18.9 Å². The highest BCUT2D eigenvalue weighted by Crippen LogP contribution is 2.39. The summed E-state index contributed by atoms with van der Waals surface area (Å²) in [6.45, 7) is 4.46. The van der Waals surface area contributed by atoms with Crippen LogP contribution in [0.5, 0.6) is 17.2 Å². The van der Waals surface area contributed by atoms with Gasteiger partial charge in [-0.25, -0.2) is 4.79 Å². The molecule has 2 aromatic carbocycles. The van der Waals surface area contributed by atoms with Crippen molar-refractivity contribution in [3.8, 4) is 28.4 Å². The number of hydrogen-bond acceptors (Lipinski definition) is 7. The Labute approximate surface area is 202 Å². The van der Waals surface area contributed by atoms with E-state index in [-0.39, 0.29) is 12.5 Å². The molecule has 8 heteroatoms. The molecule has 0 saturated heterocycles. The number of ether oxygens (including phenoxy) is 4. The first-order valence-corrected chi connectivity index (χ1v) is 11.6. The van der Waals surface area contributed by atoms with Crippen LogP contribution in [-0.2, 0) is 9.53 Å². The first-order chi connectivity index (χ1) is 16.5. The molecule has 0 spiro atoms. The van der Waals surface area contributed by atoms with Crippen molar-refractivity contribution in [3.63, 3.8) is 0 Å². The standard InChI is InChI=1S/C26H27NO6S/c1-5-32-19-11-7-17(8-12-19)9-14-23(28)27-25-24(26(29)33-6-2)20(16-34-25)18-10-13-21(30-3)22(15-18)31-4/h7-16H,5-6H2,1-4H3,(H,27,28). The Hall–Kier alpha value is -3.78. The minimum atomic E-state index is -0.515. The van der Waals surface area contributed by atoms with Crippen LogP contribution in [-0.4, -0.2) is 39.3 Å². The topological polar surface area (TPSA) is 83.1 Å². The predicted octanol–water partition coefficient (Wildman–Crippen LogP) is 5.66. The van der Waals surface area contributed by atoms with Crippen molar-refractivity contribution >= 4 is 34.3 Å². The number of nitrogens with one attached hydrogen (secondary N) is 1. The summed E-state index contributed by atoms with van der Waals surface area (Å²) < 4.78 is 21.4. The summed E-state index contributed by atoms with van der Waals surface area (Å²) in [5, 5.41) is 5.02. The Kier molecular flexibility index (Phi) is 8.70. The summed E-state index contributed by atoms with van der Waals surface area (Å²) in [6, 6.07) is 12.8. The molecule has 3 aromatic rings. The van der Waals surface area contributed by atoms with E-state index in [1.54, 1.807) is 44.7 Å². The SMILES string of the molecule is CCOC(=O)c1c(-c2ccc(OC)c(OC)c2)csc1NC(=O)C=Cc1ccc(OCC)cc1. The van der Waals surface area contributed by atoms with Gasteiger partial charge < -0.3 is 24.3 Å². The van der Waals surface area contributed by atoms with Crippen LogP contribution in [0.3, 0.4) is 0 Å². The van der Waals surface area contributed by atoms with Gasteiger partial charge in [-0.3, -0.25) is 4.79 Å². The molecule has 1 N–H and O–H groups in total. The largest absolute Gasteiger partial charge is 0.494 e. The van der Waals surface area contributed by atoms with Crippen molar-refractivity contribution < 1.29 is 28.5 Å². The molecular weight excluding hydrogens is 454 g/mol. The lowest BCUT2D eigenvalue weighted by Gasteiger charge is -2.11. The van der Waals surface area contributed by atoms with Crippen LogP contribution >= 0.6 is 11.3 Å². The average Bonchev–Trinajstić information content (AvgIpc) is 3.27. The van der Waals surface area contributed by atoms with Gasteiger partial charge in [-0.05, 0) is 55.3 Å². The Morgan fingerprint density at radius 2 is 1.71 bits per heavy atom. The molecule has 0 radical (unpaired) electrons. The van der Waals surface area contributed by atoms with E-state index < -0.39 is 5.97 Å². The van der Waals surface area contributed by atoms with Crippen LogP contribution < -0.4 is 19.5 Å². The molecule has 0 aliphatic carbocycles. The maximum atomic E-state index is 12.8. The number of anilines is 1. The van der Waals surface area contributed by atoms with E-state index in [0.29, 0.717) is 34.2 Å². The number of benzene rings is 2.